The summed E-state index contributed by atoms with van der Waals surface area (Å²) in [6, 6.07) is 9.72. The van der Waals surface area contributed by atoms with E-state index in [0.717, 1.165) is 32.6 Å². The van der Waals surface area contributed by atoms with Crippen LogP contribution in [-0.4, -0.2) is 58.6 Å². The largest absolute Gasteiger partial charge is 0.477 e. The van der Waals surface area contributed by atoms with Gasteiger partial charge in [0, 0.05) is 62.3 Å². The summed E-state index contributed by atoms with van der Waals surface area (Å²) in [5.41, 5.74) is 2.11. The predicted octanol–water partition coefficient (Wildman–Crippen LogP) is 1.93. The molecule has 1 atom stereocenters. The average molecular weight is 349 g/mol. The summed E-state index contributed by atoms with van der Waals surface area (Å²) in [6.07, 6.45) is 6.48. The number of likely N-dealkylation sites (tertiary alicyclic amines) is 2. The van der Waals surface area contributed by atoms with Crippen molar-refractivity contribution in [1.29, 1.82) is 5.26 Å². The number of nitriles is 1. The van der Waals surface area contributed by atoms with Crippen LogP contribution in [0.2, 0.25) is 0 Å². The van der Waals surface area contributed by atoms with E-state index in [9.17, 15) is 0 Å². The van der Waals surface area contributed by atoms with E-state index in [4.69, 9.17) is 10.00 Å². The van der Waals surface area contributed by atoms with E-state index in [0.29, 0.717) is 24.0 Å². The first-order valence-electron chi connectivity index (χ1n) is 8.98. The molecule has 134 valence electrons. The Balaban J connectivity index is 1.27. The minimum Gasteiger partial charge on any atom is -0.477 e. The van der Waals surface area contributed by atoms with E-state index >= 15 is 0 Å². The summed E-state index contributed by atoms with van der Waals surface area (Å²) in [7, 11) is 2.22. The molecule has 1 spiro atoms. The molecule has 0 unspecified atom stereocenters. The van der Waals surface area contributed by atoms with E-state index in [1.807, 2.05) is 18.5 Å². The van der Waals surface area contributed by atoms with Crippen LogP contribution in [0, 0.1) is 17.2 Å². The molecule has 0 bridgehead atoms. The zero-order valence-corrected chi connectivity index (χ0v) is 15.0. The molecule has 4 rings (SSSR count). The molecule has 0 N–H and O–H groups in total. The van der Waals surface area contributed by atoms with Crippen LogP contribution in [0.4, 0.5) is 0 Å². The number of aromatic nitrogens is 2. The van der Waals surface area contributed by atoms with Crippen molar-refractivity contribution in [3.8, 4) is 11.9 Å². The molecule has 26 heavy (non-hydrogen) atoms. The maximum Gasteiger partial charge on any atom is 0.213 e. The molecule has 4 heterocycles. The van der Waals surface area contributed by atoms with E-state index < -0.39 is 0 Å². The van der Waals surface area contributed by atoms with Crippen molar-refractivity contribution in [2.75, 3.05) is 33.3 Å². The lowest BCUT2D eigenvalue weighted by Crippen LogP contribution is -2.66. The lowest BCUT2D eigenvalue weighted by atomic mass is 9.84. The topological polar surface area (TPSA) is 65.3 Å². The maximum atomic E-state index is 8.82. The first kappa shape index (κ1) is 17.0. The predicted molar refractivity (Wildman–Crippen MR) is 97.4 cm³/mol. The Kier molecular flexibility index (Phi) is 4.58. The van der Waals surface area contributed by atoms with Crippen LogP contribution in [0.1, 0.15) is 17.5 Å². The number of ether oxygens (including phenoxy) is 1. The van der Waals surface area contributed by atoms with Gasteiger partial charge >= 0.3 is 0 Å². The van der Waals surface area contributed by atoms with Crippen LogP contribution in [0.15, 0.2) is 42.9 Å². The SMILES string of the molecule is CN1C[C@H](COc2ccc(C#N)cn2)CC12CN(Cc1cccnc1)C2. The highest BCUT2D eigenvalue weighted by Gasteiger charge is 2.51. The lowest BCUT2D eigenvalue weighted by molar-refractivity contribution is -0.0223. The summed E-state index contributed by atoms with van der Waals surface area (Å²) in [5.74, 6) is 1.11. The molecule has 6 nitrogen and oxygen atoms in total. The molecule has 0 amide bonds. The number of hydrogen-bond donors (Lipinski definition) is 0. The minimum atomic E-state index is 0.286. The second-order valence-electron chi connectivity index (χ2n) is 7.49. The van der Waals surface area contributed by atoms with Crippen LogP contribution in [0.25, 0.3) is 0 Å². The third kappa shape index (κ3) is 3.41. The van der Waals surface area contributed by atoms with E-state index in [-0.39, 0.29) is 5.54 Å². The highest BCUT2D eigenvalue weighted by Crippen LogP contribution is 2.40. The second-order valence-corrected chi connectivity index (χ2v) is 7.49. The molecule has 2 aliphatic rings. The molecule has 0 saturated carbocycles. The van der Waals surface area contributed by atoms with Gasteiger partial charge in [-0.2, -0.15) is 5.26 Å². The quantitative estimate of drug-likeness (QED) is 0.822. The Hall–Kier alpha value is -2.49. The molecule has 2 aromatic rings. The Bertz CT molecular complexity index is 780. The highest BCUT2D eigenvalue weighted by molar-refractivity contribution is 5.28. The Morgan fingerprint density at radius 1 is 1.31 bits per heavy atom. The number of nitrogens with zero attached hydrogens (tertiary/aromatic N) is 5. The van der Waals surface area contributed by atoms with Gasteiger partial charge in [0.25, 0.3) is 0 Å². The van der Waals surface area contributed by atoms with Crippen LogP contribution >= 0.6 is 0 Å². The minimum absolute atomic E-state index is 0.286. The third-order valence-corrected chi connectivity index (χ3v) is 5.51. The van der Waals surface area contributed by atoms with Crippen molar-refractivity contribution in [3.63, 3.8) is 0 Å². The first-order chi connectivity index (χ1) is 12.7. The van der Waals surface area contributed by atoms with Crippen molar-refractivity contribution in [1.82, 2.24) is 19.8 Å². The van der Waals surface area contributed by atoms with Gasteiger partial charge in [0.15, 0.2) is 0 Å². The average Bonchev–Trinajstić information content (AvgIpc) is 2.97. The molecule has 2 fully saturated rings. The Labute approximate surface area is 154 Å². The van der Waals surface area contributed by atoms with Crippen LogP contribution < -0.4 is 4.74 Å². The number of likely N-dealkylation sites (N-methyl/N-ethyl adjacent to an activating group) is 1. The van der Waals surface area contributed by atoms with Gasteiger partial charge in [-0.3, -0.25) is 14.8 Å². The van der Waals surface area contributed by atoms with Gasteiger partial charge in [0.05, 0.1) is 12.2 Å². The van der Waals surface area contributed by atoms with Gasteiger partial charge in [-0.25, -0.2) is 4.98 Å². The fraction of sp³-hybridized carbons (Fsp3) is 0.450. The zero-order chi connectivity index (χ0) is 18.0. The van der Waals surface area contributed by atoms with Gasteiger partial charge in [0.2, 0.25) is 5.88 Å². The molecule has 0 aliphatic carbocycles. The smallest absolute Gasteiger partial charge is 0.213 e. The van der Waals surface area contributed by atoms with Crippen molar-refractivity contribution in [2.24, 2.45) is 5.92 Å². The molecule has 2 saturated heterocycles. The lowest BCUT2D eigenvalue weighted by Gasteiger charge is -2.52. The van der Waals surface area contributed by atoms with Crippen molar-refractivity contribution in [3.05, 3.63) is 54.0 Å². The summed E-state index contributed by atoms with van der Waals surface area (Å²) in [5, 5.41) is 8.82. The Morgan fingerprint density at radius 2 is 2.19 bits per heavy atom. The van der Waals surface area contributed by atoms with E-state index in [2.05, 4.69) is 39.0 Å². The molecule has 0 radical (unpaired) electrons. The highest BCUT2D eigenvalue weighted by atomic mass is 16.5. The number of hydrogen-bond acceptors (Lipinski definition) is 6. The monoisotopic (exact) mass is 349 g/mol. The third-order valence-electron chi connectivity index (χ3n) is 5.51. The summed E-state index contributed by atoms with van der Waals surface area (Å²) >= 11 is 0. The van der Waals surface area contributed by atoms with Crippen LogP contribution in [-0.2, 0) is 6.54 Å². The van der Waals surface area contributed by atoms with Crippen molar-refractivity contribution < 1.29 is 4.74 Å². The van der Waals surface area contributed by atoms with Crippen LogP contribution in [0.3, 0.4) is 0 Å². The molecule has 0 aromatic carbocycles. The molecular formula is C20H23N5O. The van der Waals surface area contributed by atoms with Gasteiger partial charge in [0.1, 0.15) is 6.07 Å². The van der Waals surface area contributed by atoms with Gasteiger partial charge in [-0.15, -0.1) is 0 Å². The molecule has 6 heteroatoms. The van der Waals surface area contributed by atoms with Gasteiger partial charge < -0.3 is 4.74 Å². The molecule has 2 aromatic heterocycles. The summed E-state index contributed by atoms with van der Waals surface area (Å²) in [6.45, 7) is 4.90. The van der Waals surface area contributed by atoms with Gasteiger partial charge in [-0.05, 0) is 31.2 Å². The summed E-state index contributed by atoms with van der Waals surface area (Å²) in [4.78, 5) is 13.4. The van der Waals surface area contributed by atoms with E-state index in [1.54, 1.807) is 18.3 Å². The zero-order valence-electron chi connectivity index (χ0n) is 15.0. The fourth-order valence-electron chi connectivity index (χ4n) is 4.20. The second kappa shape index (κ2) is 7.02. The van der Waals surface area contributed by atoms with Crippen LogP contribution in [0.5, 0.6) is 5.88 Å². The van der Waals surface area contributed by atoms with Crippen molar-refractivity contribution >= 4 is 0 Å². The van der Waals surface area contributed by atoms with Gasteiger partial charge in [-0.1, -0.05) is 6.07 Å². The maximum absolute atomic E-state index is 8.82. The summed E-state index contributed by atoms with van der Waals surface area (Å²) < 4.78 is 5.85. The van der Waals surface area contributed by atoms with E-state index in [1.165, 1.54) is 5.56 Å². The fourth-order valence-corrected chi connectivity index (χ4v) is 4.20. The van der Waals surface area contributed by atoms with Crippen molar-refractivity contribution in [2.45, 2.75) is 18.5 Å². The molecular weight excluding hydrogens is 326 g/mol. The standard InChI is InChI=1S/C20H23N5O/c1-24-11-18(13-26-19-5-4-16(8-21)10-23-19)7-20(24)14-25(15-20)12-17-3-2-6-22-9-17/h2-6,9-10,18H,7,11-15H2,1H3/t18-/m1/s1. The molecule has 2 aliphatic heterocycles. The first-order valence-corrected chi connectivity index (χ1v) is 8.98. The number of pyridine rings is 2. The Morgan fingerprint density at radius 3 is 2.88 bits per heavy atom. The number of rotatable bonds is 5. The normalized spacial score (nSPS) is 22.1.